The number of amides is 1. The lowest BCUT2D eigenvalue weighted by molar-refractivity contribution is -0.384. The van der Waals surface area contributed by atoms with Crippen LogP contribution >= 0.6 is 0 Å². The summed E-state index contributed by atoms with van der Waals surface area (Å²) >= 11 is 0. The van der Waals surface area contributed by atoms with Crippen LogP contribution in [0.3, 0.4) is 0 Å². The fourth-order valence-electron chi connectivity index (χ4n) is 3.00. The van der Waals surface area contributed by atoms with Crippen molar-refractivity contribution in [3.63, 3.8) is 0 Å². The van der Waals surface area contributed by atoms with E-state index in [9.17, 15) is 19.7 Å². The Morgan fingerprint density at radius 3 is 2.38 bits per heavy atom. The van der Waals surface area contributed by atoms with Gasteiger partial charge in [0.05, 0.1) is 4.92 Å². The molecule has 0 aliphatic heterocycles. The number of para-hydroxylation sites is 2. The van der Waals surface area contributed by atoms with Gasteiger partial charge in [0.1, 0.15) is 5.69 Å². The average Bonchev–Trinajstić information content (AvgIpc) is 2.74. The largest absolute Gasteiger partial charge is 0.378 e. The number of nitro groups is 1. The van der Waals surface area contributed by atoms with Gasteiger partial charge in [-0.2, -0.15) is 0 Å². The number of rotatable bonds is 9. The molecular weight excluding hydrogens is 370 g/mol. The van der Waals surface area contributed by atoms with E-state index in [0.29, 0.717) is 24.3 Å². The molecule has 0 spiro atoms. The highest BCUT2D eigenvalue weighted by atomic mass is 16.6. The summed E-state index contributed by atoms with van der Waals surface area (Å²) in [6.45, 7) is 0.643. The van der Waals surface area contributed by atoms with Gasteiger partial charge in [0.25, 0.3) is 5.69 Å². The van der Waals surface area contributed by atoms with E-state index in [1.165, 1.54) is 6.07 Å². The Hall–Kier alpha value is -3.74. The third-order valence-electron chi connectivity index (χ3n) is 4.51. The first-order valence-electron chi connectivity index (χ1n) is 9.30. The molecule has 0 fully saturated rings. The zero-order chi connectivity index (χ0) is 20.6. The third-order valence-corrected chi connectivity index (χ3v) is 4.51. The molecule has 3 aromatic carbocycles. The quantitative estimate of drug-likeness (QED) is 0.249. The molecule has 7 heteroatoms. The predicted octanol–water partition coefficient (Wildman–Crippen LogP) is 3.94. The van der Waals surface area contributed by atoms with Crippen LogP contribution in [0.4, 0.5) is 11.4 Å². The summed E-state index contributed by atoms with van der Waals surface area (Å²) < 4.78 is 0. The van der Waals surface area contributed by atoms with E-state index in [1.54, 1.807) is 24.3 Å². The second-order valence-electron chi connectivity index (χ2n) is 6.54. The van der Waals surface area contributed by atoms with Crippen molar-refractivity contribution in [2.24, 2.45) is 0 Å². The zero-order valence-corrected chi connectivity index (χ0v) is 15.8. The van der Waals surface area contributed by atoms with Crippen molar-refractivity contribution in [2.75, 3.05) is 18.4 Å². The molecule has 7 nitrogen and oxygen atoms in total. The molecule has 0 unspecified atom stereocenters. The maximum Gasteiger partial charge on any atom is 0.292 e. The van der Waals surface area contributed by atoms with Crippen molar-refractivity contribution >= 4 is 33.8 Å². The van der Waals surface area contributed by atoms with Gasteiger partial charge in [0, 0.05) is 37.6 Å². The second-order valence-corrected chi connectivity index (χ2v) is 6.54. The van der Waals surface area contributed by atoms with Gasteiger partial charge < -0.3 is 10.6 Å². The number of nitrogens with zero attached hydrogens (tertiary/aromatic N) is 1. The van der Waals surface area contributed by atoms with E-state index >= 15 is 0 Å². The number of anilines is 1. The van der Waals surface area contributed by atoms with Crippen LogP contribution in [-0.4, -0.2) is 29.7 Å². The highest BCUT2D eigenvalue weighted by molar-refractivity contribution is 6.01. The number of nitro benzene ring substituents is 1. The van der Waals surface area contributed by atoms with Crippen molar-refractivity contribution in [2.45, 2.75) is 12.8 Å². The molecule has 0 aliphatic rings. The van der Waals surface area contributed by atoms with Gasteiger partial charge >= 0.3 is 0 Å². The van der Waals surface area contributed by atoms with Gasteiger partial charge in [-0.3, -0.25) is 19.7 Å². The van der Waals surface area contributed by atoms with E-state index < -0.39 is 4.92 Å². The van der Waals surface area contributed by atoms with Crippen LogP contribution in [0.5, 0.6) is 0 Å². The number of ketones is 1. The number of nitrogens with one attached hydrogen (secondary N) is 2. The molecule has 2 N–H and O–H groups in total. The fourth-order valence-corrected chi connectivity index (χ4v) is 3.00. The van der Waals surface area contributed by atoms with Gasteiger partial charge in [0.2, 0.25) is 5.91 Å². The highest BCUT2D eigenvalue weighted by Crippen LogP contribution is 2.22. The van der Waals surface area contributed by atoms with Crippen molar-refractivity contribution in [1.82, 2.24) is 5.32 Å². The summed E-state index contributed by atoms with van der Waals surface area (Å²) in [6, 6.07) is 19.6. The molecular formula is C22H21N3O4. The Morgan fingerprint density at radius 2 is 1.59 bits per heavy atom. The zero-order valence-electron chi connectivity index (χ0n) is 15.8. The molecule has 0 atom stereocenters. The highest BCUT2D eigenvalue weighted by Gasteiger charge is 2.12. The molecule has 0 aromatic heterocycles. The Balaban J connectivity index is 1.43. The van der Waals surface area contributed by atoms with Crippen LogP contribution in [0.15, 0.2) is 66.7 Å². The molecule has 0 saturated heterocycles. The van der Waals surface area contributed by atoms with Gasteiger partial charge in [-0.05, 0) is 22.9 Å². The van der Waals surface area contributed by atoms with Crippen LogP contribution in [0.1, 0.15) is 23.2 Å². The van der Waals surface area contributed by atoms with E-state index in [4.69, 9.17) is 0 Å². The fraction of sp³-hybridized carbons (Fsp3) is 0.182. The second kappa shape index (κ2) is 9.45. The van der Waals surface area contributed by atoms with Crippen LogP contribution in [-0.2, 0) is 4.79 Å². The Kier molecular flexibility index (Phi) is 6.52. The summed E-state index contributed by atoms with van der Waals surface area (Å²) in [5.41, 5.74) is 0.979. The lowest BCUT2D eigenvalue weighted by Gasteiger charge is -2.08. The molecule has 0 radical (unpaired) electrons. The van der Waals surface area contributed by atoms with Crippen LogP contribution in [0, 0.1) is 10.1 Å². The third kappa shape index (κ3) is 5.38. The van der Waals surface area contributed by atoms with Gasteiger partial charge in [0.15, 0.2) is 5.78 Å². The molecule has 3 rings (SSSR count). The summed E-state index contributed by atoms with van der Waals surface area (Å²) in [5.74, 6) is -0.313. The Morgan fingerprint density at radius 1 is 0.862 bits per heavy atom. The van der Waals surface area contributed by atoms with Crippen molar-refractivity contribution < 1.29 is 14.5 Å². The van der Waals surface area contributed by atoms with E-state index in [0.717, 1.165) is 10.8 Å². The normalized spacial score (nSPS) is 10.5. The first kappa shape index (κ1) is 20.0. The smallest absolute Gasteiger partial charge is 0.292 e. The van der Waals surface area contributed by atoms with Crippen molar-refractivity contribution in [3.05, 3.63) is 82.4 Å². The predicted molar refractivity (Wildman–Crippen MR) is 112 cm³/mol. The molecule has 0 aliphatic carbocycles. The number of carbonyl (C=O) groups is 2. The SMILES string of the molecule is O=C(CCC(=O)c1ccc2ccccc2c1)NCCNc1ccccc1[N+](=O)[O-]. The monoisotopic (exact) mass is 391 g/mol. The van der Waals surface area contributed by atoms with Crippen molar-refractivity contribution in [1.29, 1.82) is 0 Å². The maximum absolute atomic E-state index is 12.4. The first-order chi connectivity index (χ1) is 14.0. The Labute approximate surface area is 167 Å². The van der Waals surface area contributed by atoms with Crippen LogP contribution < -0.4 is 10.6 Å². The van der Waals surface area contributed by atoms with E-state index in [-0.39, 0.29) is 30.2 Å². The molecule has 29 heavy (non-hydrogen) atoms. The molecule has 3 aromatic rings. The minimum Gasteiger partial charge on any atom is -0.378 e. The van der Waals surface area contributed by atoms with Crippen LogP contribution in [0.2, 0.25) is 0 Å². The summed E-state index contributed by atoms with van der Waals surface area (Å²) in [6.07, 6.45) is 0.221. The summed E-state index contributed by atoms with van der Waals surface area (Å²) in [5, 5.41) is 18.7. The molecule has 0 saturated carbocycles. The van der Waals surface area contributed by atoms with Gasteiger partial charge in [-0.1, -0.05) is 48.5 Å². The maximum atomic E-state index is 12.4. The average molecular weight is 391 g/mol. The van der Waals surface area contributed by atoms with Crippen molar-refractivity contribution in [3.8, 4) is 0 Å². The number of hydrogen-bond acceptors (Lipinski definition) is 5. The minimum atomic E-state index is -0.459. The first-order valence-corrected chi connectivity index (χ1v) is 9.30. The lowest BCUT2D eigenvalue weighted by atomic mass is 10.0. The van der Waals surface area contributed by atoms with Gasteiger partial charge in [-0.25, -0.2) is 0 Å². The number of fused-ring (bicyclic) bond motifs is 1. The standard InChI is InChI=1S/C22H21N3O4/c26-21(18-10-9-16-5-1-2-6-17(16)15-18)11-12-22(27)24-14-13-23-19-7-3-4-8-20(19)25(28)29/h1-10,15,23H,11-14H2,(H,24,27). The molecule has 1 amide bonds. The molecule has 0 bridgehead atoms. The molecule has 0 heterocycles. The number of hydrogen-bond donors (Lipinski definition) is 2. The minimum absolute atomic E-state index is 0.0141. The van der Waals surface area contributed by atoms with Gasteiger partial charge in [-0.15, -0.1) is 0 Å². The Bertz CT molecular complexity index is 1050. The lowest BCUT2D eigenvalue weighted by Crippen LogP contribution is -2.29. The molecule has 148 valence electrons. The summed E-state index contributed by atoms with van der Waals surface area (Å²) in [7, 11) is 0. The summed E-state index contributed by atoms with van der Waals surface area (Å²) in [4.78, 5) is 34.8. The topological polar surface area (TPSA) is 101 Å². The van der Waals surface area contributed by atoms with E-state index in [2.05, 4.69) is 10.6 Å². The van der Waals surface area contributed by atoms with Crippen LogP contribution in [0.25, 0.3) is 10.8 Å². The number of carbonyl (C=O) groups excluding carboxylic acids is 2. The van der Waals surface area contributed by atoms with E-state index in [1.807, 2.05) is 36.4 Å². The number of benzene rings is 3. The number of Topliss-reactive ketones (excluding diaryl/α,β-unsaturated/α-hetero) is 1.